The minimum absolute atomic E-state index is 0.0795. The third kappa shape index (κ3) is 4.94. The summed E-state index contributed by atoms with van der Waals surface area (Å²) in [5.41, 5.74) is 0.923. The van der Waals surface area contributed by atoms with Gasteiger partial charge in [-0.05, 0) is 36.4 Å². The van der Waals surface area contributed by atoms with Crippen molar-refractivity contribution in [3.8, 4) is 0 Å². The summed E-state index contributed by atoms with van der Waals surface area (Å²) >= 11 is 0. The van der Waals surface area contributed by atoms with Crippen LogP contribution in [0.4, 0.5) is 0 Å². The molecule has 0 aromatic heterocycles. The zero-order valence-corrected chi connectivity index (χ0v) is 18.5. The van der Waals surface area contributed by atoms with Gasteiger partial charge in [0.15, 0.2) is 24.6 Å². The van der Waals surface area contributed by atoms with Crippen molar-refractivity contribution in [1.82, 2.24) is 0 Å². The summed E-state index contributed by atoms with van der Waals surface area (Å²) < 4.78 is 28.8. The molecule has 2 saturated heterocycles. The van der Waals surface area contributed by atoms with Gasteiger partial charge in [0.25, 0.3) is 0 Å². The van der Waals surface area contributed by atoms with E-state index in [2.05, 4.69) is 0 Å². The van der Waals surface area contributed by atoms with Gasteiger partial charge >= 0.3 is 17.9 Å². The second-order valence-electron chi connectivity index (χ2n) is 8.08. The summed E-state index contributed by atoms with van der Waals surface area (Å²) in [5.74, 6) is -1.93. The first-order valence-electron chi connectivity index (χ1n) is 11.2. The number of fused-ring (bicyclic) bond motifs is 2. The highest BCUT2D eigenvalue weighted by Gasteiger charge is 2.56. The maximum Gasteiger partial charge on any atom is 0.338 e. The largest absolute Gasteiger partial charge is 0.452 e. The predicted octanol–water partition coefficient (Wildman–Crippen LogP) is 3.42. The molecule has 0 spiro atoms. The summed E-state index contributed by atoms with van der Waals surface area (Å²) in [7, 11) is 0. The molecule has 2 aliphatic heterocycles. The Morgan fingerprint density at radius 3 is 1.43 bits per heavy atom. The maximum atomic E-state index is 13.0. The molecule has 2 heterocycles. The van der Waals surface area contributed by atoms with E-state index in [4.69, 9.17) is 23.7 Å². The number of ether oxygens (including phenoxy) is 5. The van der Waals surface area contributed by atoms with Gasteiger partial charge in [-0.15, -0.1) is 0 Å². The molecule has 8 heteroatoms. The Morgan fingerprint density at radius 2 is 0.971 bits per heavy atom. The van der Waals surface area contributed by atoms with Gasteiger partial charge in [0.2, 0.25) is 0 Å². The van der Waals surface area contributed by atoms with Gasteiger partial charge in [-0.25, -0.2) is 14.4 Å². The van der Waals surface area contributed by atoms with Crippen molar-refractivity contribution >= 4 is 17.9 Å². The van der Waals surface area contributed by atoms with E-state index in [0.717, 1.165) is 0 Å². The molecular weight excluding hydrogens is 452 g/mol. The third-order valence-electron chi connectivity index (χ3n) is 5.77. The van der Waals surface area contributed by atoms with Crippen molar-refractivity contribution in [2.75, 3.05) is 6.61 Å². The second-order valence-corrected chi connectivity index (χ2v) is 8.08. The van der Waals surface area contributed by atoms with Gasteiger partial charge in [0.1, 0.15) is 6.10 Å². The quantitative estimate of drug-likeness (QED) is 0.396. The fourth-order valence-corrected chi connectivity index (χ4v) is 4.04. The Balaban J connectivity index is 1.44. The predicted molar refractivity (Wildman–Crippen MR) is 122 cm³/mol. The molecule has 178 valence electrons. The molecular formula is C27H22O8. The molecule has 8 nitrogen and oxygen atoms in total. The molecule has 2 bridgehead atoms. The van der Waals surface area contributed by atoms with E-state index in [1.807, 2.05) is 0 Å². The minimum Gasteiger partial charge on any atom is -0.452 e. The lowest BCUT2D eigenvalue weighted by molar-refractivity contribution is -0.228. The van der Waals surface area contributed by atoms with E-state index in [1.54, 1.807) is 91.0 Å². The highest BCUT2D eigenvalue weighted by molar-refractivity contribution is 5.91. The van der Waals surface area contributed by atoms with Gasteiger partial charge in [-0.3, -0.25) is 0 Å². The normalized spacial score (nSPS) is 24.9. The number of esters is 3. The SMILES string of the molecule is O=C(O[C@@H]1[C@@H](OC(=O)c2ccccc2)[C@H]2CO[C@H](O2)[C@@H]1OC(=O)c1ccccc1)c1ccccc1. The van der Waals surface area contributed by atoms with Crippen LogP contribution in [-0.4, -0.2) is 55.2 Å². The maximum absolute atomic E-state index is 13.0. The fraction of sp³-hybridized carbons (Fsp3) is 0.222. The summed E-state index contributed by atoms with van der Waals surface area (Å²) in [4.78, 5) is 38.7. The van der Waals surface area contributed by atoms with Crippen LogP contribution in [0.3, 0.4) is 0 Å². The van der Waals surface area contributed by atoms with Crippen LogP contribution in [0.5, 0.6) is 0 Å². The molecule has 5 atom stereocenters. The minimum atomic E-state index is -1.16. The monoisotopic (exact) mass is 474 g/mol. The Labute approximate surface area is 201 Å². The van der Waals surface area contributed by atoms with Crippen LogP contribution in [0.1, 0.15) is 31.1 Å². The third-order valence-corrected chi connectivity index (χ3v) is 5.77. The molecule has 35 heavy (non-hydrogen) atoms. The first-order valence-corrected chi connectivity index (χ1v) is 11.2. The Kier molecular flexibility index (Phi) is 6.56. The lowest BCUT2D eigenvalue weighted by atomic mass is 9.99. The van der Waals surface area contributed by atoms with Crippen molar-refractivity contribution in [1.29, 1.82) is 0 Å². The van der Waals surface area contributed by atoms with Gasteiger partial charge in [0.05, 0.1) is 23.3 Å². The molecule has 0 radical (unpaired) electrons. The number of hydrogen-bond acceptors (Lipinski definition) is 8. The molecule has 0 unspecified atom stereocenters. The van der Waals surface area contributed by atoms with Gasteiger partial charge in [0, 0.05) is 0 Å². The Bertz CT molecular complexity index is 1110. The van der Waals surface area contributed by atoms with Crippen LogP contribution in [0, 0.1) is 0 Å². The highest BCUT2D eigenvalue weighted by Crippen LogP contribution is 2.35. The van der Waals surface area contributed by atoms with Crippen LogP contribution in [-0.2, 0) is 23.7 Å². The zero-order valence-electron chi connectivity index (χ0n) is 18.5. The molecule has 5 rings (SSSR count). The highest BCUT2D eigenvalue weighted by atomic mass is 16.8. The first-order chi connectivity index (χ1) is 17.1. The van der Waals surface area contributed by atoms with Crippen LogP contribution in [0.2, 0.25) is 0 Å². The number of carbonyl (C=O) groups excluding carboxylic acids is 3. The Morgan fingerprint density at radius 1 is 0.571 bits per heavy atom. The molecule has 3 aromatic carbocycles. The van der Waals surface area contributed by atoms with Gasteiger partial charge in [-0.1, -0.05) is 54.6 Å². The number of rotatable bonds is 6. The van der Waals surface area contributed by atoms with Crippen molar-refractivity contribution in [2.45, 2.75) is 30.7 Å². The fourth-order valence-electron chi connectivity index (χ4n) is 4.04. The van der Waals surface area contributed by atoms with E-state index in [1.165, 1.54) is 0 Å². The zero-order chi connectivity index (χ0) is 24.2. The van der Waals surface area contributed by atoms with Crippen molar-refractivity contribution < 1.29 is 38.1 Å². The summed E-state index contributed by atoms with van der Waals surface area (Å²) in [6, 6.07) is 25.2. The van der Waals surface area contributed by atoms with Crippen molar-refractivity contribution in [3.63, 3.8) is 0 Å². The molecule has 0 N–H and O–H groups in total. The summed E-state index contributed by atoms with van der Waals surface area (Å²) in [6.45, 7) is 0.0795. The van der Waals surface area contributed by atoms with E-state index in [9.17, 15) is 14.4 Å². The molecule has 3 aromatic rings. The standard InChI is InChI=1S/C27H22O8/c28-24(17-10-4-1-5-11-17)33-21-20-16-31-27(32-20)23(35-26(30)19-14-8-3-9-15-19)22(21)34-25(29)18-12-6-2-7-13-18/h1-15,20-23,27H,16H2/t20-,21+,22-,23-,27-/m1/s1. The lowest BCUT2D eigenvalue weighted by Crippen LogP contribution is -2.58. The van der Waals surface area contributed by atoms with Crippen molar-refractivity contribution in [2.24, 2.45) is 0 Å². The number of hydrogen-bond donors (Lipinski definition) is 0. The molecule has 2 fully saturated rings. The van der Waals surface area contributed by atoms with Crippen LogP contribution < -0.4 is 0 Å². The van der Waals surface area contributed by atoms with Gasteiger partial charge < -0.3 is 23.7 Å². The van der Waals surface area contributed by atoms with Gasteiger partial charge in [-0.2, -0.15) is 0 Å². The first kappa shape index (κ1) is 22.8. The number of benzene rings is 3. The smallest absolute Gasteiger partial charge is 0.338 e. The topological polar surface area (TPSA) is 97.4 Å². The van der Waals surface area contributed by atoms with Crippen LogP contribution in [0.25, 0.3) is 0 Å². The summed E-state index contributed by atoms with van der Waals surface area (Å²) in [6.07, 6.45) is -5.07. The van der Waals surface area contributed by atoms with E-state index < -0.39 is 48.6 Å². The lowest BCUT2D eigenvalue weighted by Gasteiger charge is -2.39. The van der Waals surface area contributed by atoms with Crippen molar-refractivity contribution in [3.05, 3.63) is 108 Å². The van der Waals surface area contributed by atoms with E-state index in [0.29, 0.717) is 16.7 Å². The number of carbonyl (C=O) groups is 3. The van der Waals surface area contributed by atoms with Crippen LogP contribution in [0.15, 0.2) is 91.0 Å². The summed E-state index contributed by atoms with van der Waals surface area (Å²) in [5, 5.41) is 0. The average Bonchev–Trinajstić information content (AvgIpc) is 3.35. The van der Waals surface area contributed by atoms with E-state index in [-0.39, 0.29) is 6.61 Å². The molecule has 0 saturated carbocycles. The average molecular weight is 474 g/mol. The Hall–Kier alpha value is -4.01. The van der Waals surface area contributed by atoms with E-state index >= 15 is 0 Å². The second kappa shape index (κ2) is 10.1. The van der Waals surface area contributed by atoms with Crippen LogP contribution >= 0.6 is 0 Å². The molecule has 0 amide bonds. The molecule has 2 aliphatic rings. The molecule has 0 aliphatic carbocycles.